The number of benzene rings is 2. The molecular weight excluding hydrogens is 366 g/mol. The predicted octanol–water partition coefficient (Wildman–Crippen LogP) is 3.76. The Labute approximate surface area is 160 Å². The molecule has 0 spiro atoms. The number of alkyl halides is 2. The zero-order chi connectivity index (χ0) is 19.7. The molecule has 0 saturated carbocycles. The molecule has 3 aromatic rings. The van der Waals surface area contributed by atoms with Crippen molar-refractivity contribution in [2.75, 3.05) is 18.1 Å². The smallest absolute Gasteiger partial charge is 0.320 e. The Morgan fingerprint density at radius 2 is 1.96 bits per heavy atom. The maximum absolute atomic E-state index is 13.5. The van der Waals surface area contributed by atoms with Gasteiger partial charge in [-0.3, -0.25) is 9.36 Å². The lowest BCUT2D eigenvalue weighted by molar-refractivity contribution is -0.123. The number of imidazole rings is 1. The van der Waals surface area contributed by atoms with E-state index in [4.69, 9.17) is 4.84 Å². The number of hydrogen-bond acceptors (Lipinski definition) is 4. The van der Waals surface area contributed by atoms with Gasteiger partial charge >= 0.3 is 6.55 Å². The van der Waals surface area contributed by atoms with Crippen molar-refractivity contribution < 1.29 is 18.4 Å². The van der Waals surface area contributed by atoms with E-state index in [1.807, 2.05) is 24.3 Å². The van der Waals surface area contributed by atoms with Crippen LogP contribution in [0.5, 0.6) is 0 Å². The molecule has 0 bridgehead atoms. The number of rotatable bonds is 5. The fourth-order valence-electron chi connectivity index (χ4n) is 3.40. The van der Waals surface area contributed by atoms with Crippen molar-refractivity contribution in [3.05, 3.63) is 59.9 Å². The molecule has 2 heterocycles. The summed E-state index contributed by atoms with van der Waals surface area (Å²) in [5, 5.41) is 3.85. The van der Waals surface area contributed by atoms with Crippen LogP contribution < -0.4 is 4.90 Å². The molecule has 0 fully saturated rings. The van der Waals surface area contributed by atoms with Crippen LogP contribution in [-0.4, -0.2) is 34.3 Å². The van der Waals surface area contributed by atoms with Gasteiger partial charge in [-0.05, 0) is 37.1 Å². The number of oxime groups is 1. The molecule has 0 atom stereocenters. The first-order chi connectivity index (χ1) is 13.6. The van der Waals surface area contributed by atoms with Crippen LogP contribution in [0.4, 0.5) is 14.5 Å². The summed E-state index contributed by atoms with van der Waals surface area (Å²) in [5.74, 6) is -0.223. The number of amides is 1. The summed E-state index contributed by atoms with van der Waals surface area (Å²) >= 11 is 0. The Balaban J connectivity index is 1.49. The number of anilines is 1. The van der Waals surface area contributed by atoms with E-state index in [1.54, 1.807) is 29.2 Å². The summed E-state index contributed by atoms with van der Waals surface area (Å²) in [6, 6.07) is 14.3. The lowest BCUT2D eigenvalue weighted by Crippen LogP contribution is -2.32. The van der Waals surface area contributed by atoms with E-state index in [2.05, 4.69) is 10.1 Å². The highest BCUT2D eigenvalue weighted by Crippen LogP contribution is 2.27. The highest BCUT2D eigenvalue weighted by atomic mass is 19.3. The van der Waals surface area contributed by atoms with Gasteiger partial charge < -0.3 is 9.74 Å². The first kappa shape index (κ1) is 18.1. The molecule has 1 amide bonds. The molecule has 8 heteroatoms. The Hall–Kier alpha value is -3.29. The molecule has 2 aromatic carbocycles. The van der Waals surface area contributed by atoms with E-state index >= 15 is 0 Å². The van der Waals surface area contributed by atoms with Crippen LogP contribution in [0.2, 0.25) is 0 Å². The monoisotopic (exact) mass is 384 g/mol. The van der Waals surface area contributed by atoms with E-state index in [0.29, 0.717) is 17.6 Å². The molecule has 6 nitrogen and oxygen atoms in total. The van der Waals surface area contributed by atoms with Gasteiger partial charge in [-0.25, -0.2) is 4.98 Å². The number of halogens is 2. The largest absolute Gasteiger partial charge is 0.385 e. The lowest BCUT2D eigenvalue weighted by atomic mass is 10.2. The quantitative estimate of drug-likeness (QED) is 0.497. The molecule has 0 aliphatic carbocycles. The van der Waals surface area contributed by atoms with Gasteiger partial charge in [0.1, 0.15) is 5.71 Å². The van der Waals surface area contributed by atoms with Crippen molar-refractivity contribution in [3.63, 3.8) is 0 Å². The number of nitrogens with zero attached hydrogens (tertiary/aromatic N) is 4. The van der Waals surface area contributed by atoms with Crippen LogP contribution in [0.1, 0.15) is 24.9 Å². The summed E-state index contributed by atoms with van der Waals surface area (Å²) in [5.41, 5.74) is 2.91. The normalized spacial score (nSPS) is 14.0. The summed E-state index contributed by atoms with van der Waals surface area (Å²) in [4.78, 5) is 23.5. The molecule has 0 radical (unpaired) electrons. The molecule has 1 aliphatic rings. The van der Waals surface area contributed by atoms with Gasteiger partial charge in [0.05, 0.1) is 11.0 Å². The molecular formula is C20H18F2N4O2. The Morgan fingerprint density at radius 1 is 1.21 bits per heavy atom. The molecule has 28 heavy (non-hydrogen) atoms. The van der Waals surface area contributed by atoms with E-state index < -0.39 is 6.55 Å². The molecule has 144 valence electrons. The third kappa shape index (κ3) is 3.21. The maximum atomic E-state index is 13.5. The van der Waals surface area contributed by atoms with Crippen LogP contribution in [-0.2, 0) is 16.1 Å². The van der Waals surface area contributed by atoms with Gasteiger partial charge in [-0.15, -0.1) is 0 Å². The van der Waals surface area contributed by atoms with Crippen molar-refractivity contribution in [2.24, 2.45) is 5.16 Å². The first-order valence-corrected chi connectivity index (χ1v) is 8.86. The molecule has 1 aliphatic heterocycles. The number of carbonyl (C=O) groups is 1. The third-order valence-electron chi connectivity index (χ3n) is 4.69. The van der Waals surface area contributed by atoms with Gasteiger partial charge in [-0.2, -0.15) is 8.78 Å². The second kappa shape index (κ2) is 7.38. The van der Waals surface area contributed by atoms with Crippen molar-refractivity contribution in [1.82, 2.24) is 9.55 Å². The minimum absolute atomic E-state index is 0.00941. The molecule has 0 unspecified atom stereocenters. The number of hydrogen-bond donors (Lipinski definition) is 0. The van der Waals surface area contributed by atoms with Gasteiger partial charge in [0.25, 0.3) is 5.91 Å². The van der Waals surface area contributed by atoms with Gasteiger partial charge in [0.2, 0.25) is 0 Å². The summed E-state index contributed by atoms with van der Waals surface area (Å²) < 4.78 is 27.8. The standard InChI is InChI=1S/C20H18F2N4O2/c1-13(19-23-15-7-3-5-9-17(15)26(19)20(21)22)24-28-12-18(27)25-11-10-14-6-2-4-8-16(14)25/h2-9,20H,10-12H2,1H3/b24-13+. The van der Waals surface area contributed by atoms with Crippen molar-refractivity contribution in [1.29, 1.82) is 0 Å². The Bertz CT molecular complexity index is 1060. The fourth-order valence-corrected chi connectivity index (χ4v) is 3.40. The van der Waals surface area contributed by atoms with Crippen LogP contribution in [0.25, 0.3) is 11.0 Å². The summed E-state index contributed by atoms with van der Waals surface area (Å²) in [6.45, 7) is -0.933. The number of carbonyl (C=O) groups excluding carboxylic acids is 1. The summed E-state index contributed by atoms with van der Waals surface area (Å²) in [7, 11) is 0. The van der Waals surface area contributed by atoms with Crippen LogP contribution in [0, 0.1) is 0 Å². The van der Waals surface area contributed by atoms with Crippen LogP contribution >= 0.6 is 0 Å². The number of fused-ring (bicyclic) bond motifs is 2. The second-order valence-corrected chi connectivity index (χ2v) is 6.45. The van der Waals surface area contributed by atoms with E-state index in [-0.39, 0.29) is 24.1 Å². The highest BCUT2D eigenvalue weighted by molar-refractivity contribution is 5.99. The van der Waals surface area contributed by atoms with Gasteiger partial charge in [0, 0.05) is 12.2 Å². The Kier molecular flexibility index (Phi) is 4.77. The molecule has 0 saturated heterocycles. The first-order valence-electron chi connectivity index (χ1n) is 8.86. The lowest BCUT2D eigenvalue weighted by Gasteiger charge is -2.16. The average molecular weight is 384 g/mol. The van der Waals surface area contributed by atoms with Crippen LogP contribution in [0.15, 0.2) is 53.7 Å². The van der Waals surface area contributed by atoms with E-state index in [1.165, 1.54) is 6.92 Å². The summed E-state index contributed by atoms with van der Waals surface area (Å²) in [6.07, 6.45) is 0.794. The van der Waals surface area contributed by atoms with E-state index in [0.717, 1.165) is 22.2 Å². The zero-order valence-electron chi connectivity index (χ0n) is 15.2. The highest BCUT2D eigenvalue weighted by Gasteiger charge is 2.24. The van der Waals surface area contributed by atoms with Crippen LogP contribution in [0.3, 0.4) is 0 Å². The average Bonchev–Trinajstić information content (AvgIpc) is 3.29. The van der Waals surface area contributed by atoms with Crippen molar-refractivity contribution >= 4 is 28.3 Å². The Morgan fingerprint density at radius 3 is 2.79 bits per heavy atom. The predicted molar refractivity (Wildman–Crippen MR) is 102 cm³/mol. The molecule has 1 aromatic heterocycles. The SMILES string of the molecule is C/C(=N\OCC(=O)N1CCc2ccccc21)c1nc2ccccc2n1C(F)F. The minimum atomic E-state index is -2.77. The number of aromatic nitrogens is 2. The molecule has 4 rings (SSSR count). The van der Waals surface area contributed by atoms with Gasteiger partial charge in [-0.1, -0.05) is 35.5 Å². The maximum Gasteiger partial charge on any atom is 0.320 e. The van der Waals surface area contributed by atoms with Crippen molar-refractivity contribution in [3.8, 4) is 0 Å². The second-order valence-electron chi connectivity index (χ2n) is 6.45. The minimum Gasteiger partial charge on any atom is -0.385 e. The van der Waals surface area contributed by atoms with E-state index in [9.17, 15) is 13.6 Å². The topological polar surface area (TPSA) is 59.7 Å². The van der Waals surface area contributed by atoms with Crippen molar-refractivity contribution in [2.45, 2.75) is 19.9 Å². The fraction of sp³-hybridized carbons (Fsp3) is 0.250. The van der Waals surface area contributed by atoms with Gasteiger partial charge in [0.15, 0.2) is 12.4 Å². The zero-order valence-corrected chi connectivity index (χ0v) is 15.2. The molecule has 0 N–H and O–H groups in total. The number of para-hydroxylation sites is 3. The third-order valence-corrected chi connectivity index (χ3v) is 4.69.